The fourth-order valence-electron chi connectivity index (χ4n) is 13.2. The fourth-order valence-corrected chi connectivity index (χ4v) is 13.8. The van der Waals surface area contributed by atoms with Crippen LogP contribution in [-0.4, -0.2) is 154 Å². The minimum Gasteiger partial charge on any atom is -0.495 e. The van der Waals surface area contributed by atoms with Crippen molar-refractivity contribution < 1.29 is 66.5 Å². The van der Waals surface area contributed by atoms with Gasteiger partial charge in [0.2, 0.25) is 5.91 Å². The Bertz CT molecular complexity index is 6430. The molecule has 5 amide bonds. The molecule has 126 heavy (non-hydrogen) atoms. The Kier molecular flexibility index (Phi) is 28.4. The van der Waals surface area contributed by atoms with Crippen LogP contribution in [-0.2, 0) is 24.3 Å². The summed E-state index contributed by atoms with van der Waals surface area (Å²) >= 11 is 1.59. The van der Waals surface area contributed by atoms with E-state index in [0.717, 1.165) is 62.0 Å². The first-order chi connectivity index (χ1) is 61.1. The van der Waals surface area contributed by atoms with Gasteiger partial charge in [-0.3, -0.25) is 83.5 Å². The predicted molar refractivity (Wildman–Crippen MR) is 480 cm³/mol. The van der Waals surface area contributed by atoms with Crippen LogP contribution in [0, 0.1) is 0 Å². The third-order valence-corrected chi connectivity index (χ3v) is 20.7. The SMILES string of the molecule is COc1c(C(=O)NC(Cc2ccccc2)C(N)=O)ccc2n[nH]c(/C=C/c3ccc(C(C)=O)nc3)c12.COc1c(C(=O)NC2CC2)ccc2n[nH]c(/C=C/c3ccc(C(C)=O)nc3)c12.COc1c(C(=O)NCc2ccco2)ccc2n[nH]c(/C=C/c3ccc(C(C)=O)nc3)c12.COc1c(C(=O)NCc2cccs2)ccc2n[nH]c(/C=C/c3ccc(C(C)=O)nc3)c12. The number of rotatable bonds is 29. The number of Topliss-reactive ketones (excluding diaryl/α,β-unsaturated/α-hetero) is 4. The van der Waals surface area contributed by atoms with Crippen molar-refractivity contribution >= 4 is 156 Å². The van der Waals surface area contributed by atoms with Crippen molar-refractivity contribution in [3.8, 4) is 23.0 Å². The first kappa shape index (κ1) is 87.6. The highest BCUT2D eigenvalue weighted by atomic mass is 32.1. The zero-order chi connectivity index (χ0) is 88.9. The van der Waals surface area contributed by atoms with Crippen molar-refractivity contribution in [1.29, 1.82) is 0 Å². The normalized spacial score (nSPS) is 12.0. The number of furan rings is 1. The van der Waals surface area contributed by atoms with Crippen molar-refractivity contribution in [3.05, 3.63) is 294 Å². The number of aromatic amines is 4. The van der Waals surface area contributed by atoms with Crippen LogP contribution >= 0.6 is 11.3 Å². The van der Waals surface area contributed by atoms with E-state index in [2.05, 4.69) is 82.0 Å². The van der Waals surface area contributed by atoms with E-state index in [0.29, 0.717) is 125 Å². The van der Waals surface area contributed by atoms with Crippen LogP contribution in [0.2, 0.25) is 0 Å². The van der Waals surface area contributed by atoms with Crippen molar-refractivity contribution in [1.82, 2.24) is 82.0 Å². The summed E-state index contributed by atoms with van der Waals surface area (Å²) in [5.41, 5.74) is 18.3. The number of nitrogens with one attached hydrogen (secondary N) is 8. The molecule has 1 aliphatic rings. The van der Waals surface area contributed by atoms with Crippen LogP contribution in [0.25, 0.3) is 92.2 Å². The zero-order valence-electron chi connectivity index (χ0n) is 69.5. The number of hydrogen-bond acceptors (Lipinski definition) is 23. The van der Waals surface area contributed by atoms with E-state index in [1.165, 1.54) is 49.0 Å². The Balaban J connectivity index is 0.000000144. The lowest BCUT2D eigenvalue weighted by molar-refractivity contribution is -0.119. The molecule has 10 N–H and O–H groups in total. The van der Waals surface area contributed by atoms with Crippen molar-refractivity contribution in [2.75, 3.05) is 28.4 Å². The second-order valence-electron chi connectivity index (χ2n) is 28.6. The summed E-state index contributed by atoms with van der Waals surface area (Å²) in [6.45, 7) is 6.63. The number of primary amides is 1. The molecule has 10 aromatic heterocycles. The monoisotopic (exact) mass is 1710 g/mol. The number of fused-ring (bicyclic) bond motifs is 4. The maximum atomic E-state index is 13.2. The number of H-pyrrole nitrogens is 4. The minimum atomic E-state index is -0.894. The fraction of sp³-hybridized carbons (Fsp3) is 0.160. The number of ketones is 4. The lowest BCUT2D eigenvalue weighted by Gasteiger charge is -2.17. The van der Waals surface area contributed by atoms with Crippen LogP contribution in [0.3, 0.4) is 0 Å². The van der Waals surface area contributed by atoms with E-state index < -0.39 is 17.9 Å². The van der Waals surface area contributed by atoms with Crippen LogP contribution in [0.4, 0.5) is 0 Å². The van der Waals surface area contributed by atoms with Gasteiger partial charge >= 0.3 is 0 Å². The standard InChI is InChI=1S/C27H25N5O4.C23H20N4O4.C23H20N4O3S.C21H20N4O3/c1-16(33)20-11-8-18(15-29-20)9-12-21-24-22(32-31-21)13-10-19(25(24)36-2)27(35)30-23(26(28)34)14-17-6-4-3-5-7-17;2*1-14(28)18-8-5-15(12-24-18)6-9-19-21-20(27-26-19)10-7-17(22(21)30-2)23(29)25-13-16-4-3-11-31-16;1-12(26)16-8-3-13(11-22-16)4-9-17-19-18(25-24-17)10-7-15(20(19)28-2)21(27)23-14-5-6-14/h3-13,15,23H,14H2,1-2H3,(H2,28,34)(H,30,35)(H,31,32);2*3-12H,13H2,1-2H3,(H,25,29)(H,26,27);3-4,7-11,14H,5-6H2,1-2H3,(H,23,27)(H,24,25)/b12-9+;2*9-6+;9-4+. The highest BCUT2D eigenvalue weighted by molar-refractivity contribution is 7.09. The second kappa shape index (κ2) is 40.9. The number of thiophene rings is 1. The molecule has 0 aliphatic heterocycles. The second-order valence-corrected chi connectivity index (χ2v) is 29.6. The van der Waals surface area contributed by atoms with Gasteiger partial charge < -0.3 is 50.4 Å². The van der Waals surface area contributed by atoms with Crippen molar-refractivity contribution in [3.63, 3.8) is 0 Å². The maximum absolute atomic E-state index is 13.2. The summed E-state index contributed by atoms with van der Waals surface area (Å²) in [4.78, 5) is 126. The number of carbonyl (C=O) groups is 9. The van der Waals surface area contributed by atoms with Gasteiger partial charge in [-0.15, -0.1) is 11.3 Å². The van der Waals surface area contributed by atoms with Crippen molar-refractivity contribution in [2.45, 2.75) is 72.1 Å². The molecular weight excluding hydrogens is 1620 g/mol. The van der Waals surface area contributed by atoms with Crippen molar-refractivity contribution in [2.24, 2.45) is 5.73 Å². The molecule has 1 atom stereocenters. The molecule has 1 unspecified atom stereocenters. The molecule has 1 aliphatic carbocycles. The molecule has 1 fully saturated rings. The molecule has 0 radical (unpaired) electrons. The summed E-state index contributed by atoms with van der Waals surface area (Å²) in [5, 5.41) is 45.3. The molecule has 15 aromatic rings. The van der Waals surface area contributed by atoms with E-state index in [9.17, 15) is 43.2 Å². The molecule has 31 nitrogen and oxygen atoms in total. The molecule has 0 saturated heterocycles. The van der Waals surface area contributed by atoms with Gasteiger partial charge in [-0.2, -0.15) is 20.4 Å². The summed E-state index contributed by atoms with van der Waals surface area (Å²) in [7, 11) is 6.07. The first-order valence-electron chi connectivity index (χ1n) is 39.4. The Hall–Kier alpha value is -16.3. The quantitative estimate of drug-likeness (QED) is 0.0197. The number of ether oxygens (including phenoxy) is 4. The van der Waals surface area contributed by atoms with Crippen LogP contribution in [0.1, 0.15) is 185 Å². The summed E-state index contributed by atoms with van der Waals surface area (Å²) in [6.07, 6.45) is 25.0. The molecule has 32 heteroatoms. The predicted octanol–water partition coefficient (Wildman–Crippen LogP) is 14.6. The van der Waals surface area contributed by atoms with Gasteiger partial charge in [-0.05, 0) is 161 Å². The number of benzene rings is 5. The lowest BCUT2D eigenvalue weighted by Crippen LogP contribution is -2.45. The average Bonchev–Trinajstić information content (AvgIpc) is 1.62. The molecule has 636 valence electrons. The van der Waals surface area contributed by atoms with E-state index >= 15 is 0 Å². The van der Waals surface area contributed by atoms with Gasteiger partial charge in [0.25, 0.3) is 23.6 Å². The first-order valence-corrected chi connectivity index (χ1v) is 40.3. The Morgan fingerprint density at radius 2 is 0.794 bits per heavy atom. The third-order valence-electron chi connectivity index (χ3n) is 19.8. The highest BCUT2D eigenvalue weighted by Gasteiger charge is 2.29. The number of pyridine rings is 4. The van der Waals surface area contributed by atoms with Crippen LogP contribution in [0.5, 0.6) is 23.0 Å². The zero-order valence-corrected chi connectivity index (χ0v) is 70.3. The number of nitrogens with zero attached hydrogens (tertiary/aromatic N) is 8. The number of hydrogen-bond donors (Lipinski definition) is 9. The summed E-state index contributed by atoms with van der Waals surface area (Å²) in [6, 6.07) is 43.9. The van der Waals surface area contributed by atoms with Gasteiger partial charge in [0.15, 0.2) is 23.1 Å². The summed E-state index contributed by atoms with van der Waals surface area (Å²) < 4.78 is 27.6. The number of carbonyl (C=O) groups excluding carboxylic acids is 9. The number of methoxy groups -OCH3 is 4. The largest absolute Gasteiger partial charge is 0.495 e. The van der Waals surface area contributed by atoms with Crippen LogP contribution < -0.4 is 45.9 Å². The van der Waals surface area contributed by atoms with Gasteiger partial charge in [0, 0.05) is 69.8 Å². The van der Waals surface area contributed by atoms with E-state index in [1.807, 2.05) is 102 Å². The van der Waals surface area contributed by atoms with E-state index in [-0.39, 0.29) is 65.4 Å². The lowest BCUT2D eigenvalue weighted by atomic mass is 10.0. The van der Waals surface area contributed by atoms with E-state index in [1.54, 1.807) is 153 Å². The summed E-state index contributed by atoms with van der Waals surface area (Å²) in [5.74, 6) is 0.237. The molecular formula is C94H85N17O14S. The van der Waals surface area contributed by atoms with Gasteiger partial charge in [0.05, 0.1) is 136 Å². The Labute approximate surface area is 724 Å². The number of nitrogens with two attached hydrogens (primary N) is 1. The van der Waals surface area contributed by atoms with Gasteiger partial charge in [-0.1, -0.05) is 85.0 Å². The topological polar surface area (TPSA) is 444 Å². The third kappa shape index (κ3) is 21.5. The van der Waals surface area contributed by atoms with E-state index in [4.69, 9.17) is 29.1 Å². The van der Waals surface area contributed by atoms with Gasteiger partial charge in [0.1, 0.15) is 57.6 Å². The Morgan fingerprint density at radius 1 is 0.429 bits per heavy atom. The molecule has 1 saturated carbocycles. The Morgan fingerprint density at radius 3 is 1.10 bits per heavy atom. The highest BCUT2D eigenvalue weighted by Crippen LogP contribution is 2.38. The molecule has 0 bridgehead atoms. The molecule has 0 spiro atoms. The maximum Gasteiger partial charge on any atom is 0.255 e. The van der Waals surface area contributed by atoms with Crippen LogP contribution in [0.15, 0.2) is 193 Å². The molecule has 5 aromatic carbocycles. The molecule has 10 heterocycles. The molecule has 16 rings (SSSR count). The van der Waals surface area contributed by atoms with Gasteiger partial charge in [-0.25, -0.2) is 0 Å². The number of aromatic nitrogens is 12. The average molecular weight is 1710 g/mol. The minimum absolute atomic E-state index is 0.0724. The smallest absolute Gasteiger partial charge is 0.255 e. The number of amides is 5.